The zero-order valence-corrected chi connectivity index (χ0v) is 18.4. The number of aliphatic carboxylic acids is 1. The maximum absolute atomic E-state index is 12.8. The highest BCUT2D eigenvalue weighted by atomic mass is 19.4. The Kier molecular flexibility index (Phi) is 7.61. The molecule has 2 amide bonds. The van der Waals surface area contributed by atoms with Gasteiger partial charge in [0.1, 0.15) is 0 Å². The highest BCUT2D eigenvalue weighted by Gasteiger charge is 2.54. The third-order valence-corrected chi connectivity index (χ3v) is 6.58. The number of ether oxygens (including phenoxy) is 1. The summed E-state index contributed by atoms with van der Waals surface area (Å²) in [5.41, 5.74) is 0.904. The number of hydrogen-bond donors (Lipinski definition) is 1. The topological polar surface area (TPSA) is 100 Å². The first-order chi connectivity index (χ1) is 15.6. The van der Waals surface area contributed by atoms with Gasteiger partial charge in [0, 0.05) is 57.4 Å². The van der Waals surface area contributed by atoms with Crippen molar-refractivity contribution < 1.29 is 37.4 Å². The number of nitrogens with zero attached hydrogens (tertiary/aromatic N) is 3. The van der Waals surface area contributed by atoms with Gasteiger partial charge in [-0.2, -0.15) is 13.2 Å². The summed E-state index contributed by atoms with van der Waals surface area (Å²) in [4.78, 5) is 42.5. The Labute approximate surface area is 189 Å². The van der Waals surface area contributed by atoms with E-state index in [4.69, 9.17) is 14.6 Å². The maximum atomic E-state index is 12.8. The smallest absolute Gasteiger partial charge is 0.475 e. The van der Waals surface area contributed by atoms with Gasteiger partial charge in [-0.25, -0.2) is 4.79 Å². The van der Waals surface area contributed by atoms with Gasteiger partial charge in [-0.1, -0.05) is 6.07 Å². The van der Waals surface area contributed by atoms with E-state index in [0.29, 0.717) is 25.5 Å². The van der Waals surface area contributed by atoms with Crippen molar-refractivity contribution in [3.05, 3.63) is 30.1 Å². The van der Waals surface area contributed by atoms with E-state index in [1.807, 2.05) is 22.1 Å². The number of aromatic nitrogens is 1. The first kappa shape index (κ1) is 24.9. The van der Waals surface area contributed by atoms with Crippen LogP contribution in [0.4, 0.5) is 13.2 Å². The molecule has 1 atom stereocenters. The monoisotopic (exact) mass is 471 g/mol. The molecule has 1 unspecified atom stereocenters. The first-order valence-electron chi connectivity index (χ1n) is 10.9. The van der Waals surface area contributed by atoms with Gasteiger partial charge in [0.15, 0.2) is 0 Å². The molecule has 8 nitrogen and oxygen atoms in total. The second kappa shape index (κ2) is 10.1. The van der Waals surface area contributed by atoms with Gasteiger partial charge in [-0.3, -0.25) is 14.6 Å². The number of pyridine rings is 1. The molecule has 0 radical (unpaired) electrons. The van der Waals surface area contributed by atoms with Crippen LogP contribution in [0.3, 0.4) is 0 Å². The number of carbonyl (C=O) groups excluding carboxylic acids is 2. The zero-order chi connectivity index (χ0) is 24.2. The molecular weight excluding hydrogens is 443 g/mol. The van der Waals surface area contributed by atoms with Gasteiger partial charge < -0.3 is 19.6 Å². The molecule has 3 heterocycles. The standard InChI is InChI=1S/C20H27N3O3.C2HF3O2/c1-26-12-11-23-18(24)13-17(16-3-2-8-21-14-16)20(23)6-9-22(10-7-20)19(25)15-4-5-15;3-2(4,5)1(6)7/h2-3,8,14-15,17H,4-7,9-13H2,1H3;(H,6,7). The van der Waals surface area contributed by atoms with Gasteiger partial charge in [-0.05, 0) is 37.3 Å². The second-order valence-electron chi connectivity index (χ2n) is 8.59. The largest absolute Gasteiger partial charge is 0.490 e. The number of alkyl halides is 3. The van der Waals surface area contributed by atoms with Gasteiger partial charge >= 0.3 is 12.1 Å². The van der Waals surface area contributed by atoms with Crippen molar-refractivity contribution in [2.75, 3.05) is 33.4 Å². The highest BCUT2D eigenvalue weighted by Crippen LogP contribution is 2.49. The Bertz CT molecular complexity index is 853. The zero-order valence-electron chi connectivity index (χ0n) is 18.4. The normalized spacial score (nSPS) is 22.2. The van der Waals surface area contributed by atoms with Crippen molar-refractivity contribution in [1.82, 2.24) is 14.8 Å². The second-order valence-corrected chi connectivity index (χ2v) is 8.59. The van der Waals surface area contributed by atoms with E-state index in [-0.39, 0.29) is 23.3 Å². The summed E-state index contributed by atoms with van der Waals surface area (Å²) in [5, 5.41) is 7.12. The molecular formula is C22H28F3N3O5. The summed E-state index contributed by atoms with van der Waals surface area (Å²) in [6, 6.07) is 4.02. The van der Waals surface area contributed by atoms with Gasteiger partial charge in [-0.15, -0.1) is 0 Å². The average Bonchev–Trinajstić information content (AvgIpc) is 3.60. The minimum Gasteiger partial charge on any atom is -0.475 e. The van der Waals surface area contributed by atoms with Crippen LogP contribution in [0.5, 0.6) is 0 Å². The molecule has 11 heteroatoms. The summed E-state index contributed by atoms with van der Waals surface area (Å²) in [5.74, 6) is -1.86. The van der Waals surface area contributed by atoms with Crippen molar-refractivity contribution in [1.29, 1.82) is 0 Å². The Balaban J connectivity index is 0.000000383. The van der Waals surface area contributed by atoms with Gasteiger partial charge in [0.05, 0.1) is 12.1 Å². The maximum Gasteiger partial charge on any atom is 0.490 e. The lowest BCUT2D eigenvalue weighted by atomic mass is 9.74. The average molecular weight is 471 g/mol. The van der Waals surface area contributed by atoms with Crippen LogP contribution in [-0.2, 0) is 19.1 Å². The molecule has 3 fully saturated rings. The number of carboxylic acid groups (broad SMARTS) is 1. The Morgan fingerprint density at radius 2 is 1.91 bits per heavy atom. The summed E-state index contributed by atoms with van der Waals surface area (Å²) in [7, 11) is 1.67. The van der Waals surface area contributed by atoms with Crippen LogP contribution < -0.4 is 0 Å². The molecule has 1 N–H and O–H groups in total. The summed E-state index contributed by atoms with van der Waals surface area (Å²) < 4.78 is 37.0. The lowest BCUT2D eigenvalue weighted by Gasteiger charge is -2.48. The Morgan fingerprint density at radius 1 is 1.27 bits per heavy atom. The van der Waals surface area contributed by atoms with E-state index >= 15 is 0 Å². The van der Waals surface area contributed by atoms with Crippen LogP contribution in [0.1, 0.15) is 43.6 Å². The molecule has 2 aliphatic heterocycles. The molecule has 3 aliphatic rings. The van der Waals surface area contributed by atoms with E-state index in [1.165, 1.54) is 0 Å². The fourth-order valence-corrected chi connectivity index (χ4v) is 4.77. The molecule has 4 rings (SSSR count). The van der Waals surface area contributed by atoms with Crippen molar-refractivity contribution in [2.24, 2.45) is 5.92 Å². The lowest BCUT2D eigenvalue weighted by Crippen LogP contribution is -2.57. The number of halogens is 3. The van der Waals surface area contributed by atoms with E-state index in [0.717, 1.165) is 44.3 Å². The molecule has 0 bridgehead atoms. The molecule has 1 aromatic heterocycles. The van der Waals surface area contributed by atoms with Crippen molar-refractivity contribution in [2.45, 2.75) is 49.7 Å². The quantitative estimate of drug-likeness (QED) is 0.708. The van der Waals surface area contributed by atoms with Crippen molar-refractivity contribution >= 4 is 17.8 Å². The number of hydrogen-bond acceptors (Lipinski definition) is 5. The fourth-order valence-electron chi connectivity index (χ4n) is 4.77. The molecule has 1 spiro atoms. The van der Waals surface area contributed by atoms with Crippen LogP contribution in [0, 0.1) is 5.92 Å². The van der Waals surface area contributed by atoms with Crippen LogP contribution in [0.2, 0.25) is 0 Å². The number of methoxy groups -OCH3 is 1. The van der Waals surface area contributed by atoms with Gasteiger partial charge in [0.25, 0.3) is 0 Å². The van der Waals surface area contributed by atoms with Crippen LogP contribution in [-0.4, -0.2) is 82.7 Å². The molecule has 33 heavy (non-hydrogen) atoms. The summed E-state index contributed by atoms with van der Waals surface area (Å²) in [6.45, 7) is 2.63. The van der Waals surface area contributed by atoms with Crippen LogP contribution in [0.25, 0.3) is 0 Å². The minimum absolute atomic E-state index is 0.138. The van der Waals surface area contributed by atoms with Crippen molar-refractivity contribution in [3.63, 3.8) is 0 Å². The SMILES string of the molecule is COCCN1C(=O)CC(c2cccnc2)C12CCN(C(=O)C1CC1)CC2.O=C(O)C(F)(F)F. The minimum atomic E-state index is -5.08. The van der Waals surface area contributed by atoms with E-state index < -0.39 is 12.1 Å². The molecule has 1 saturated carbocycles. The number of piperidine rings is 1. The number of rotatable bonds is 5. The predicted octanol–water partition coefficient (Wildman–Crippen LogP) is 2.45. The summed E-state index contributed by atoms with van der Waals surface area (Å²) >= 11 is 0. The number of carboxylic acids is 1. The van der Waals surface area contributed by atoms with E-state index in [9.17, 15) is 22.8 Å². The number of carbonyl (C=O) groups is 3. The highest BCUT2D eigenvalue weighted by molar-refractivity contribution is 5.83. The van der Waals surface area contributed by atoms with Crippen LogP contribution >= 0.6 is 0 Å². The van der Waals surface area contributed by atoms with E-state index in [2.05, 4.69) is 11.1 Å². The fraction of sp³-hybridized carbons (Fsp3) is 0.636. The molecule has 1 aromatic rings. The third kappa shape index (κ3) is 5.63. The van der Waals surface area contributed by atoms with Crippen molar-refractivity contribution in [3.8, 4) is 0 Å². The number of likely N-dealkylation sites (tertiary alicyclic amines) is 2. The molecule has 2 saturated heterocycles. The van der Waals surface area contributed by atoms with Gasteiger partial charge in [0.2, 0.25) is 11.8 Å². The Morgan fingerprint density at radius 3 is 2.39 bits per heavy atom. The third-order valence-electron chi connectivity index (χ3n) is 6.58. The first-order valence-corrected chi connectivity index (χ1v) is 10.9. The molecule has 182 valence electrons. The van der Waals surface area contributed by atoms with E-state index in [1.54, 1.807) is 13.3 Å². The molecule has 0 aromatic carbocycles. The van der Waals surface area contributed by atoms with Crippen LogP contribution in [0.15, 0.2) is 24.5 Å². The Hall–Kier alpha value is -2.69. The lowest BCUT2D eigenvalue weighted by molar-refractivity contribution is -0.192. The number of amides is 2. The molecule has 1 aliphatic carbocycles. The summed E-state index contributed by atoms with van der Waals surface area (Å²) in [6.07, 6.45) is 2.84. The predicted molar refractivity (Wildman–Crippen MR) is 110 cm³/mol.